The molecule has 4 heterocycles. The number of aromatic nitrogens is 8. The summed E-state index contributed by atoms with van der Waals surface area (Å²) in [5, 5.41) is 18.1. The molecule has 0 spiro atoms. The molecule has 0 amide bonds. The van der Waals surface area contributed by atoms with Gasteiger partial charge in [-0.2, -0.15) is 10.5 Å². The summed E-state index contributed by atoms with van der Waals surface area (Å²) in [6, 6.07) is 3.50. The summed E-state index contributed by atoms with van der Waals surface area (Å²) in [6.07, 6.45) is 16.6. The van der Waals surface area contributed by atoms with Gasteiger partial charge in [-0.3, -0.25) is 18.3 Å². The first-order valence-corrected chi connectivity index (χ1v) is 17.8. The van der Waals surface area contributed by atoms with Gasteiger partial charge in [-0.25, -0.2) is 0 Å². The number of hydrogen-bond acceptors (Lipinski definition) is 6. The van der Waals surface area contributed by atoms with E-state index in [-0.39, 0.29) is 65.0 Å². The van der Waals surface area contributed by atoms with Crippen LogP contribution in [0.3, 0.4) is 0 Å². The van der Waals surface area contributed by atoms with Crippen LogP contribution in [0.5, 0.6) is 0 Å². The van der Waals surface area contributed by atoms with Gasteiger partial charge in [0.25, 0.3) is 0 Å². The second-order valence-corrected chi connectivity index (χ2v) is 17.2. The Kier molecular flexibility index (Phi) is 20.5. The van der Waals surface area contributed by atoms with E-state index in [9.17, 15) is 0 Å². The van der Waals surface area contributed by atoms with Gasteiger partial charge in [-0.1, -0.05) is 0 Å². The fraction of sp³-hybridized carbons (Fsp3) is 0.562. The van der Waals surface area contributed by atoms with Crippen LogP contribution in [0.1, 0.15) is 96.9 Å². The van der Waals surface area contributed by atoms with Crippen molar-refractivity contribution in [3.8, 4) is 12.1 Å². The Morgan fingerprint density at radius 1 is 0.480 bits per heavy atom. The molecule has 0 aliphatic carbocycles. The molecule has 0 fully saturated rings. The Morgan fingerprint density at radius 3 is 0.720 bits per heavy atom. The largest absolute Gasteiger partial charge is 3.00 e. The van der Waals surface area contributed by atoms with Crippen LogP contribution in [0.4, 0.5) is 0 Å². The Hall–Kier alpha value is -1.82. The minimum Gasteiger partial charge on any atom is -1.00 e. The van der Waals surface area contributed by atoms with Gasteiger partial charge in [0, 0.05) is 13.8 Å². The predicted octanol–water partition coefficient (Wildman–Crippen LogP) is -1.15. The van der Waals surface area contributed by atoms with Crippen LogP contribution in [0, 0.1) is 22.7 Å². The fourth-order valence-corrected chi connectivity index (χ4v) is 6.88. The first kappa shape index (κ1) is 50.3. The normalized spacial score (nSPS) is 11.1. The van der Waals surface area contributed by atoms with Gasteiger partial charge in [0.05, 0.1) is 57.6 Å². The van der Waals surface area contributed by atoms with E-state index >= 15 is 0 Å². The third-order valence-electron chi connectivity index (χ3n) is 7.54. The zero-order valence-corrected chi connectivity index (χ0v) is 40.8. The Bertz CT molecular complexity index is 1490. The molecule has 0 aromatic carbocycles. The summed E-state index contributed by atoms with van der Waals surface area (Å²) >= 11 is 22.4. The number of nitriles is 2. The van der Waals surface area contributed by atoms with Gasteiger partial charge in [0.2, 0.25) is 0 Å². The van der Waals surface area contributed by atoms with Crippen molar-refractivity contribution in [1.29, 1.82) is 10.5 Å². The molecule has 0 aliphatic rings. The smallest absolute Gasteiger partial charge is 1.00 e. The molecule has 4 aromatic heterocycles. The maximum Gasteiger partial charge on any atom is 3.00 e. The fourth-order valence-electron chi connectivity index (χ4n) is 4.97. The van der Waals surface area contributed by atoms with Gasteiger partial charge < -0.3 is 85.4 Å². The van der Waals surface area contributed by atoms with Crippen molar-refractivity contribution < 1.29 is 34.9 Å². The molecule has 10 nitrogen and oxygen atoms in total. The molecule has 272 valence electrons. The van der Waals surface area contributed by atoms with Crippen LogP contribution in [0.15, 0.2) is 70.2 Å². The van der Waals surface area contributed by atoms with Crippen molar-refractivity contribution in [3.05, 3.63) is 49.6 Å². The molecular weight excluding hydrogens is 869 g/mol. The molecule has 18 heteroatoms. The SMILES string of the molecule is CC#N.CC#N.CC(C)(C)n1cc[n+]([BH2-][n+]2ccn(C(C)(C)C)c2[S-])c1[S-].CC(C)(C)n1cc[n+]([BH2-][n+]2ccn(C(C)(C)C)c2[S-])c1[S-].[Br-].[In+3]. The molecule has 0 bridgehead atoms. The summed E-state index contributed by atoms with van der Waals surface area (Å²) in [6.45, 7) is 28.8. The zero-order valence-electron chi connectivity index (χ0n) is 32.7. The summed E-state index contributed by atoms with van der Waals surface area (Å²) in [5.41, 5.74) is 0.0290. The molecule has 4 rings (SSSR count). The van der Waals surface area contributed by atoms with E-state index in [1.807, 2.05) is 0 Å². The minimum absolute atomic E-state index is 0. The molecule has 0 atom stereocenters. The van der Waals surface area contributed by atoms with Crippen LogP contribution in [0.25, 0.3) is 0 Å². The van der Waals surface area contributed by atoms with E-state index in [4.69, 9.17) is 61.0 Å². The van der Waals surface area contributed by atoms with Crippen LogP contribution in [-0.4, -0.2) is 59.2 Å². The standard InChI is InChI=1S/2C14H25BN4S2.2C2H3N.BrH.In/c2*1-13(2,3)16-7-9-18(11(16)20)15-19-10-8-17(12(19)21)14(4,5)6;2*1-2-3;;/h2*7-10H,15H2,1-6H3,(H-,20,21);2*1H3;1H;/q;;;;;+3/p-3. The molecule has 0 radical (unpaired) electrons. The van der Waals surface area contributed by atoms with E-state index in [1.165, 1.54) is 13.8 Å². The summed E-state index contributed by atoms with van der Waals surface area (Å²) in [7, 11) is -1.28. The van der Waals surface area contributed by atoms with Gasteiger partial charge in [-0.05, 0) is 83.1 Å². The Labute approximate surface area is 353 Å². The van der Waals surface area contributed by atoms with Crippen LogP contribution < -0.4 is 34.9 Å². The van der Waals surface area contributed by atoms with Crippen LogP contribution >= 0.6 is 0 Å². The maximum absolute atomic E-state index is 7.32. The molecular formula is C32H54B2BrInN10S4. The quantitative estimate of drug-likeness (QED) is 0.190. The van der Waals surface area contributed by atoms with Crippen LogP contribution in [-0.2, 0) is 72.7 Å². The van der Waals surface area contributed by atoms with Gasteiger partial charge in [0.15, 0.2) is 0 Å². The van der Waals surface area contributed by atoms with Crippen molar-refractivity contribution >= 4 is 91.5 Å². The van der Waals surface area contributed by atoms with E-state index in [2.05, 4.69) is 169 Å². The molecule has 0 N–H and O–H groups in total. The average Bonchev–Trinajstić information content (AvgIpc) is 3.68. The van der Waals surface area contributed by atoms with E-state index in [1.54, 1.807) is 12.1 Å². The molecule has 0 unspecified atom stereocenters. The van der Waals surface area contributed by atoms with E-state index in [0.29, 0.717) is 0 Å². The third-order valence-corrected chi connectivity index (χ3v) is 9.48. The van der Waals surface area contributed by atoms with Crippen LogP contribution in [0.2, 0.25) is 0 Å². The van der Waals surface area contributed by atoms with E-state index in [0.717, 1.165) is 20.6 Å². The van der Waals surface area contributed by atoms with Gasteiger partial charge >= 0.3 is 40.9 Å². The molecule has 0 aliphatic heterocycles. The summed E-state index contributed by atoms with van der Waals surface area (Å²) in [4.78, 5) is 0. The van der Waals surface area contributed by atoms with E-state index < -0.39 is 15.1 Å². The topological polar surface area (TPSA) is 82.8 Å². The van der Waals surface area contributed by atoms with Crippen molar-refractivity contribution in [2.75, 3.05) is 0 Å². The minimum atomic E-state index is -0.640. The first-order valence-electron chi connectivity index (χ1n) is 16.1. The molecule has 4 aromatic rings. The number of hydrogen-bond donors (Lipinski definition) is 0. The van der Waals surface area contributed by atoms with Crippen molar-refractivity contribution in [1.82, 2.24) is 18.3 Å². The second-order valence-electron chi connectivity index (χ2n) is 15.8. The summed E-state index contributed by atoms with van der Waals surface area (Å²) in [5.74, 6) is 0. The predicted molar refractivity (Wildman–Crippen MR) is 208 cm³/mol. The average molecular weight is 923 g/mol. The molecule has 0 saturated carbocycles. The zero-order chi connectivity index (χ0) is 37.4. The van der Waals surface area contributed by atoms with Crippen molar-refractivity contribution in [2.45, 2.75) is 140 Å². The monoisotopic (exact) mass is 922 g/mol. The number of rotatable bonds is 4. The Balaban J connectivity index is 0. The number of halogens is 1. The first-order chi connectivity index (χ1) is 21.9. The molecule has 50 heavy (non-hydrogen) atoms. The Morgan fingerprint density at radius 2 is 0.620 bits per heavy atom. The number of nitrogens with zero attached hydrogens (tertiary/aromatic N) is 10. The third kappa shape index (κ3) is 14.0. The van der Waals surface area contributed by atoms with Gasteiger partial charge in [0.1, 0.15) is 46.9 Å². The van der Waals surface area contributed by atoms with Gasteiger partial charge in [-0.15, -0.1) is 0 Å². The van der Waals surface area contributed by atoms with Crippen molar-refractivity contribution in [2.24, 2.45) is 0 Å². The maximum atomic E-state index is 7.32. The second kappa shape index (κ2) is 20.4. The molecule has 0 saturated heterocycles. The number of imidazole rings is 4. The van der Waals surface area contributed by atoms with Crippen molar-refractivity contribution in [3.63, 3.8) is 0 Å². The summed E-state index contributed by atoms with van der Waals surface area (Å²) < 4.78 is 17.2.